The molecular weight excluding hydrogens is 274 g/mol. The highest BCUT2D eigenvalue weighted by Gasteiger charge is 2.16. The van der Waals surface area contributed by atoms with Crippen LogP contribution in [-0.2, 0) is 10.0 Å². The minimum atomic E-state index is -3.61. The standard InChI is InChI=1S/C15H17NO3S/c1-3-19-15-10-5-4-9-14(15)16-20(17,18)13-8-6-7-12(2)11-13/h4-11,16H,3H2,1-2H3. The Bertz CT molecular complexity index is 696. The molecule has 5 heteroatoms. The van der Waals surface area contributed by atoms with E-state index in [1.165, 1.54) is 0 Å². The van der Waals surface area contributed by atoms with Crippen LogP contribution in [0.2, 0.25) is 0 Å². The van der Waals surface area contributed by atoms with Crippen molar-refractivity contribution in [3.05, 3.63) is 54.1 Å². The van der Waals surface area contributed by atoms with Crippen molar-refractivity contribution in [2.75, 3.05) is 11.3 Å². The van der Waals surface area contributed by atoms with E-state index in [0.29, 0.717) is 18.0 Å². The molecule has 0 aromatic heterocycles. The van der Waals surface area contributed by atoms with E-state index in [2.05, 4.69) is 4.72 Å². The van der Waals surface area contributed by atoms with Gasteiger partial charge in [-0.3, -0.25) is 4.72 Å². The first-order chi connectivity index (χ1) is 9.53. The molecule has 0 bridgehead atoms. The summed E-state index contributed by atoms with van der Waals surface area (Å²) < 4.78 is 32.7. The molecule has 2 aromatic rings. The highest BCUT2D eigenvalue weighted by molar-refractivity contribution is 7.92. The van der Waals surface area contributed by atoms with Gasteiger partial charge in [0, 0.05) is 0 Å². The Kier molecular flexibility index (Phi) is 4.29. The van der Waals surface area contributed by atoms with E-state index in [1.54, 1.807) is 42.5 Å². The van der Waals surface area contributed by atoms with E-state index in [-0.39, 0.29) is 4.90 Å². The summed E-state index contributed by atoms with van der Waals surface area (Å²) in [6.07, 6.45) is 0. The Balaban J connectivity index is 2.34. The van der Waals surface area contributed by atoms with E-state index >= 15 is 0 Å². The Morgan fingerprint density at radius 2 is 1.85 bits per heavy atom. The fourth-order valence-electron chi connectivity index (χ4n) is 1.82. The summed E-state index contributed by atoms with van der Waals surface area (Å²) in [4.78, 5) is 0.240. The van der Waals surface area contributed by atoms with Gasteiger partial charge in [-0.1, -0.05) is 24.3 Å². The summed E-state index contributed by atoms with van der Waals surface area (Å²) in [5.41, 5.74) is 1.34. The van der Waals surface area contributed by atoms with Crippen LogP contribution in [0.15, 0.2) is 53.4 Å². The van der Waals surface area contributed by atoms with Gasteiger partial charge in [0.1, 0.15) is 5.75 Å². The number of nitrogens with one attached hydrogen (secondary N) is 1. The molecule has 0 unspecified atom stereocenters. The van der Waals surface area contributed by atoms with Crippen LogP contribution in [0.5, 0.6) is 5.75 Å². The largest absolute Gasteiger partial charge is 0.492 e. The molecule has 1 N–H and O–H groups in total. The van der Waals surface area contributed by atoms with Gasteiger partial charge < -0.3 is 4.74 Å². The predicted molar refractivity (Wildman–Crippen MR) is 79.6 cm³/mol. The Labute approximate surface area is 119 Å². The van der Waals surface area contributed by atoms with Crippen LogP contribution in [0.25, 0.3) is 0 Å². The summed E-state index contributed by atoms with van der Waals surface area (Å²) >= 11 is 0. The number of sulfonamides is 1. The predicted octanol–water partition coefficient (Wildman–Crippen LogP) is 3.19. The van der Waals surface area contributed by atoms with Gasteiger partial charge in [-0.2, -0.15) is 0 Å². The van der Waals surface area contributed by atoms with Crippen LogP contribution in [-0.4, -0.2) is 15.0 Å². The van der Waals surface area contributed by atoms with Crippen LogP contribution in [0.3, 0.4) is 0 Å². The monoisotopic (exact) mass is 291 g/mol. The molecule has 20 heavy (non-hydrogen) atoms. The first-order valence-electron chi connectivity index (χ1n) is 6.34. The first-order valence-corrected chi connectivity index (χ1v) is 7.82. The lowest BCUT2D eigenvalue weighted by molar-refractivity contribution is 0.342. The zero-order chi connectivity index (χ0) is 14.6. The second-order valence-corrected chi connectivity index (χ2v) is 6.03. The maximum Gasteiger partial charge on any atom is 0.262 e. The molecule has 0 saturated carbocycles. The molecule has 0 fully saturated rings. The lowest BCUT2D eigenvalue weighted by Gasteiger charge is -2.12. The fraction of sp³-hybridized carbons (Fsp3) is 0.200. The van der Waals surface area contributed by atoms with Gasteiger partial charge in [0.05, 0.1) is 17.2 Å². The average Bonchev–Trinajstić information content (AvgIpc) is 2.41. The zero-order valence-electron chi connectivity index (χ0n) is 11.5. The molecule has 2 aromatic carbocycles. The number of anilines is 1. The lowest BCUT2D eigenvalue weighted by Crippen LogP contribution is -2.14. The molecule has 0 aliphatic heterocycles. The number of hydrogen-bond donors (Lipinski definition) is 1. The number of aryl methyl sites for hydroxylation is 1. The fourth-order valence-corrected chi connectivity index (χ4v) is 2.99. The Morgan fingerprint density at radius 1 is 1.10 bits per heavy atom. The molecule has 0 amide bonds. The third-order valence-electron chi connectivity index (χ3n) is 2.73. The number of para-hydroxylation sites is 2. The van der Waals surface area contributed by atoms with Gasteiger partial charge in [0.15, 0.2) is 0 Å². The van der Waals surface area contributed by atoms with Crippen LogP contribution in [0.4, 0.5) is 5.69 Å². The van der Waals surface area contributed by atoms with Crippen molar-refractivity contribution in [3.8, 4) is 5.75 Å². The molecule has 0 saturated heterocycles. The second kappa shape index (κ2) is 5.96. The van der Waals surface area contributed by atoms with Crippen molar-refractivity contribution < 1.29 is 13.2 Å². The highest BCUT2D eigenvalue weighted by Crippen LogP contribution is 2.26. The minimum absolute atomic E-state index is 0.240. The number of ether oxygens (including phenoxy) is 1. The summed E-state index contributed by atoms with van der Waals surface area (Å²) in [5, 5.41) is 0. The van der Waals surface area contributed by atoms with Gasteiger partial charge in [-0.05, 0) is 43.7 Å². The van der Waals surface area contributed by atoms with Gasteiger partial charge in [-0.15, -0.1) is 0 Å². The smallest absolute Gasteiger partial charge is 0.262 e. The third kappa shape index (κ3) is 3.30. The highest BCUT2D eigenvalue weighted by atomic mass is 32.2. The number of rotatable bonds is 5. The van der Waals surface area contributed by atoms with Crippen molar-refractivity contribution in [1.29, 1.82) is 0 Å². The summed E-state index contributed by atoms with van der Waals surface area (Å²) in [7, 11) is -3.61. The van der Waals surface area contributed by atoms with E-state index in [9.17, 15) is 8.42 Å². The van der Waals surface area contributed by atoms with E-state index in [1.807, 2.05) is 19.9 Å². The van der Waals surface area contributed by atoms with Crippen LogP contribution < -0.4 is 9.46 Å². The maximum atomic E-state index is 12.3. The van der Waals surface area contributed by atoms with E-state index in [4.69, 9.17) is 4.74 Å². The summed E-state index contributed by atoms with van der Waals surface area (Å²) in [6, 6.07) is 13.7. The van der Waals surface area contributed by atoms with Gasteiger partial charge >= 0.3 is 0 Å². The summed E-state index contributed by atoms with van der Waals surface area (Å²) in [6.45, 7) is 4.18. The van der Waals surface area contributed by atoms with Crippen molar-refractivity contribution in [2.45, 2.75) is 18.7 Å². The van der Waals surface area contributed by atoms with Crippen LogP contribution in [0, 0.1) is 6.92 Å². The molecule has 0 atom stereocenters. The van der Waals surface area contributed by atoms with Crippen LogP contribution in [0.1, 0.15) is 12.5 Å². The van der Waals surface area contributed by atoms with Gasteiger partial charge in [0.2, 0.25) is 0 Å². The molecule has 0 aliphatic rings. The summed E-state index contributed by atoms with van der Waals surface area (Å²) in [5.74, 6) is 0.520. The van der Waals surface area contributed by atoms with Crippen LogP contribution >= 0.6 is 0 Å². The van der Waals surface area contributed by atoms with Gasteiger partial charge in [0.25, 0.3) is 10.0 Å². The molecule has 0 heterocycles. The molecule has 0 aliphatic carbocycles. The maximum absolute atomic E-state index is 12.3. The normalized spacial score (nSPS) is 11.1. The topological polar surface area (TPSA) is 55.4 Å². The molecule has 0 spiro atoms. The van der Waals surface area contributed by atoms with Crippen molar-refractivity contribution >= 4 is 15.7 Å². The van der Waals surface area contributed by atoms with E-state index < -0.39 is 10.0 Å². The Hall–Kier alpha value is -2.01. The second-order valence-electron chi connectivity index (χ2n) is 4.35. The first kappa shape index (κ1) is 14.4. The zero-order valence-corrected chi connectivity index (χ0v) is 12.3. The third-order valence-corrected chi connectivity index (χ3v) is 4.09. The van der Waals surface area contributed by atoms with Crippen molar-refractivity contribution in [2.24, 2.45) is 0 Å². The molecular formula is C15H17NO3S. The minimum Gasteiger partial charge on any atom is -0.492 e. The SMILES string of the molecule is CCOc1ccccc1NS(=O)(=O)c1cccc(C)c1. The molecule has 4 nitrogen and oxygen atoms in total. The average molecular weight is 291 g/mol. The lowest BCUT2D eigenvalue weighted by atomic mass is 10.2. The van der Waals surface area contributed by atoms with Crippen molar-refractivity contribution in [1.82, 2.24) is 0 Å². The molecule has 0 radical (unpaired) electrons. The van der Waals surface area contributed by atoms with Crippen molar-refractivity contribution in [3.63, 3.8) is 0 Å². The quantitative estimate of drug-likeness (QED) is 0.920. The Morgan fingerprint density at radius 3 is 2.55 bits per heavy atom. The number of hydrogen-bond acceptors (Lipinski definition) is 3. The molecule has 106 valence electrons. The van der Waals surface area contributed by atoms with E-state index in [0.717, 1.165) is 5.56 Å². The van der Waals surface area contributed by atoms with Gasteiger partial charge in [-0.25, -0.2) is 8.42 Å². The number of benzene rings is 2. The molecule has 2 rings (SSSR count).